The van der Waals surface area contributed by atoms with Gasteiger partial charge in [0.15, 0.2) is 11.5 Å². The van der Waals surface area contributed by atoms with Crippen molar-refractivity contribution in [1.29, 1.82) is 0 Å². The van der Waals surface area contributed by atoms with Gasteiger partial charge in [-0.05, 0) is 47.4 Å². The molecule has 0 bridgehead atoms. The van der Waals surface area contributed by atoms with E-state index in [-0.39, 0.29) is 0 Å². The molecule has 0 saturated carbocycles. The second kappa shape index (κ2) is 7.14. The maximum absolute atomic E-state index is 5.44. The first-order valence-corrected chi connectivity index (χ1v) is 8.33. The molecule has 0 aliphatic carbocycles. The molecule has 0 fully saturated rings. The fraction of sp³-hybridized carbons (Fsp3) is 0.400. The molecular formula is C20H26N2O2. The summed E-state index contributed by atoms with van der Waals surface area (Å²) in [7, 11) is 7.52. The largest absolute Gasteiger partial charge is 0.493 e. The molecular weight excluding hydrogens is 300 g/mol. The van der Waals surface area contributed by atoms with E-state index >= 15 is 0 Å². The van der Waals surface area contributed by atoms with Gasteiger partial charge in [0, 0.05) is 39.4 Å². The van der Waals surface area contributed by atoms with Crippen molar-refractivity contribution >= 4 is 5.69 Å². The number of fused-ring (bicyclic) bond motifs is 1. The van der Waals surface area contributed by atoms with E-state index in [9.17, 15) is 0 Å². The summed E-state index contributed by atoms with van der Waals surface area (Å²) in [4.78, 5) is 4.61. The van der Waals surface area contributed by atoms with Crippen LogP contribution >= 0.6 is 0 Å². The molecule has 2 aromatic rings. The molecule has 0 saturated heterocycles. The lowest BCUT2D eigenvalue weighted by Gasteiger charge is -2.29. The van der Waals surface area contributed by atoms with Crippen LogP contribution in [-0.2, 0) is 19.5 Å². The molecule has 4 nitrogen and oxygen atoms in total. The lowest BCUT2D eigenvalue weighted by molar-refractivity contribution is 0.244. The van der Waals surface area contributed by atoms with Crippen LogP contribution in [0.15, 0.2) is 36.4 Å². The van der Waals surface area contributed by atoms with Gasteiger partial charge in [0.25, 0.3) is 0 Å². The van der Waals surface area contributed by atoms with Crippen LogP contribution in [0.4, 0.5) is 5.69 Å². The molecule has 0 spiro atoms. The van der Waals surface area contributed by atoms with Crippen molar-refractivity contribution in [3.05, 3.63) is 53.1 Å². The third kappa shape index (κ3) is 3.49. The maximum atomic E-state index is 5.44. The summed E-state index contributed by atoms with van der Waals surface area (Å²) in [5.41, 5.74) is 5.29. The Morgan fingerprint density at radius 1 is 0.958 bits per heavy atom. The van der Waals surface area contributed by atoms with Gasteiger partial charge in [0.2, 0.25) is 0 Å². The van der Waals surface area contributed by atoms with Gasteiger partial charge in [-0.1, -0.05) is 12.1 Å². The number of benzene rings is 2. The third-order valence-electron chi connectivity index (χ3n) is 4.66. The molecule has 0 unspecified atom stereocenters. The van der Waals surface area contributed by atoms with Gasteiger partial charge >= 0.3 is 0 Å². The van der Waals surface area contributed by atoms with E-state index in [1.54, 1.807) is 14.2 Å². The molecule has 1 heterocycles. The molecule has 0 amide bonds. The first kappa shape index (κ1) is 16.7. The Balaban J connectivity index is 1.72. The number of rotatable bonds is 5. The Hall–Kier alpha value is -2.20. The van der Waals surface area contributed by atoms with Crippen LogP contribution in [0.5, 0.6) is 11.5 Å². The van der Waals surface area contributed by atoms with Crippen molar-refractivity contribution in [3.8, 4) is 11.5 Å². The number of nitrogens with zero attached hydrogens (tertiary/aromatic N) is 2. The monoisotopic (exact) mass is 326 g/mol. The maximum Gasteiger partial charge on any atom is 0.161 e. The van der Waals surface area contributed by atoms with Crippen LogP contribution in [0.1, 0.15) is 16.7 Å². The average Bonchev–Trinajstić information content (AvgIpc) is 2.60. The summed E-state index contributed by atoms with van der Waals surface area (Å²) < 4.78 is 10.9. The third-order valence-corrected chi connectivity index (χ3v) is 4.66. The van der Waals surface area contributed by atoms with Crippen molar-refractivity contribution in [2.45, 2.75) is 19.5 Å². The molecule has 1 aliphatic rings. The highest BCUT2D eigenvalue weighted by atomic mass is 16.5. The second-order valence-electron chi connectivity index (χ2n) is 6.50. The SMILES string of the molecule is COc1cc2c(cc1OC)CN(Cc1ccc(N(C)C)cc1)CC2. The van der Waals surface area contributed by atoms with Crippen molar-refractivity contribution in [3.63, 3.8) is 0 Å². The van der Waals surface area contributed by atoms with Crippen LogP contribution in [0, 0.1) is 0 Å². The predicted molar refractivity (Wildman–Crippen MR) is 98.1 cm³/mol. The lowest BCUT2D eigenvalue weighted by Crippen LogP contribution is -2.30. The summed E-state index contributed by atoms with van der Waals surface area (Å²) in [5, 5.41) is 0. The predicted octanol–water partition coefficient (Wildman–Crippen LogP) is 3.33. The van der Waals surface area contributed by atoms with Crippen LogP contribution in [0.3, 0.4) is 0 Å². The van der Waals surface area contributed by atoms with E-state index in [2.05, 4.69) is 60.3 Å². The first-order chi connectivity index (χ1) is 11.6. The number of ether oxygens (including phenoxy) is 2. The molecule has 0 atom stereocenters. The summed E-state index contributed by atoms with van der Waals surface area (Å²) >= 11 is 0. The van der Waals surface area contributed by atoms with Crippen molar-refractivity contribution in [2.75, 3.05) is 39.8 Å². The highest BCUT2D eigenvalue weighted by Crippen LogP contribution is 2.33. The fourth-order valence-corrected chi connectivity index (χ4v) is 3.23. The summed E-state index contributed by atoms with van der Waals surface area (Å²) in [5.74, 6) is 1.64. The van der Waals surface area contributed by atoms with Crippen molar-refractivity contribution < 1.29 is 9.47 Å². The Bertz CT molecular complexity index is 696. The number of hydrogen-bond acceptors (Lipinski definition) is 4. The lowest BCUT2D eigenvalue weighted by atomic mass is 9.98. The normalized spacial score (nSPS) is 14.2. The Morgan fingerprint density at radius 3 is 2.17 bits per heavy atom. The molecule has 0 aromatic heterocycles. The van der Waals surface area contributed by atoms with Gasteiger partial charge < -0.3 is 14.4 Å². The van der Waals surface area contributed by atoms with Crippen LogP contribution < -0.4 is 14.4 Å². The van der Waals surface area contributed by atoms with Gasteiger partial charge in [0.1, 0.15) is 0 Å². The van der Waals surface area contributed by atoms with Gasteiger partial charge in [-0.25, -0.2) is 0 Å². The molecule has 24 heavy (non-hydrogen) atoms. The number of methoxy groups -OCH3 is 2. The summed E-state index contributed by atoms with van der Waals surface area (Å²) in [6, 6.07) is 13.0. The van der Waals surface area contributed by atoms with Gasteiger partial charge in [-0.3, -0.25) is 4.90 Å². The van der Waals surface area contributed by atoms with E-state index in [1.807, 2.05) is 0 Å². The molecule has 4 heteroatoms. The minimum absolute atomic E-state index is 0.813. The van der Waals surface area contributed by atoms with E-state index < -0.39 is 0 Å². The highest BCUT2D eigenvalue weighted by molar-refractivity contribution is 5.48. The summed E-state index contributed by atoms with van der Waals surface area (Å²) in [6.45, 7) is 2.99. The highest BCUT2D eigenvalue weighted by Gasteiger charge is 2.19. The van der Waals surface area contributed by atoms with Gasteiger partial charge in [0.05, 0.1) is 14.2 Å². The van der Waals surface area contributed by atoms with Crippen LogP contribution in [0.2, 0.25) is 0 Å². The summed E-state index contributed by atoms with van der Waals surface area (Å²) in [6.07, 6.45) is 1.05. The Labute approximate surface area is 144 Å². The quantitative estimate of drug-likeness (QED) is 0.841. The van der Waals surface area contributed by atoms with Crippen LogP contribution in [0.25, 0.3) is 0 Å². The fourth-order valence-electron chi connectivity index (χ4n) is 3.23. The molecule has 0 N–H and O–H groups in total. The molecule has 128 valence electrons. The van der Waals surface area contributed by atoms with E-state index in [0.29, 0.717) is 0 Å². The van der Waals surface area contributed by atoms with Crippen LogP contribution in [-0.4, -0.2) is 39.8 Å². The Kier molecular flexibility index (Phi) is 4.95. The topological polar surface area (TPSA) is 24.9 Å². The molecule has 1 aliphatic heterocycles. The molecule has 2 aromatic carbocycles. The average molecular weight is 326 g/mol. The minimum Gasteiger partial charge on any atom is -0.493 e. The van der Waals surface area contributed by atoms with Gasteiger partial charge in [-0.15, -0.1) is 0 Å². The minimum atomic E-state index is 0.813. The van der Waals surface area contributed by atoms with E-state index in [1.165, 1.54) is 22.4 Å². The van der Waals surface area contributed by atoms with Crippen molar-refractivity contribution in [2.24, 2.45) is 0 Å². The number of hydrogen-bond donors (Lipinski definition) is 0. The van der Waals surface area contributed by atoms with E-state index in [0.717, 1.165) is 37.6 Å². The first-order valence-electron chi connectivity index (χ1n) is 8.33. The molecule has 0 radical (unpaired) electrons. The number of anilines is 1. The van der Waals surface area contributed by atoms with Gasteiger partial charge in [-0.2, -0.15) is 0 Å². The standard InChI is InChI=1S/C20H26N2O2/c1-21(2)18-7-5-15(6-8-18)13-22-10-9-16-11-19(23-3)20(24-4)12-17(16)14-22/h5-8,11-12H,9-10,13-14H2,1-4H3. The zero-order chi connectivity index (χ0) is 17.1. The zero-order valence-electron chi connectivity index (χ0n) is 15.0. The Morgan fingerprint density at radius 2 is 1.58 bits per heavy atom. The zero-order valence-corrected chi connectivity index (χ0v) is 15.0. The molecule has 3 rings (SSSR count). The smallest absolute Gasteiger partial charge is 0.161 e. The van der Waals surface area contributed by atoms with E-state index in [4.69, 9.17) is 9.47 Å². The van der Waals surface area contributed by atoms with Crippen molar-refractivity contribution in [1.82, 2.24) is 4.90 Å². The second-order valence-corrected chi connectivity index (χ2v) is 6.50.